The highest BCUT2D eigenvalue weighted by molar-refractivity contribution is 4.98. The molecule has 0 saturated carbocycles. The van der Waals surface area contributed by atoms with Crippen LogP contribution in [0.3, 0.4) is 0 Å². The Balaban J connectivity index is 2.15. The van der Waals surface area contributed by atoms with Crippen LogP contribution in [-0.4, -0.2) is 29.8 Å². The summed E-state index contributed by atoms with van der Waals surface area (Å²) in [5, 5.41) is 11.9. The van der Waals surface area contributed by atoms with Crippen molar-refractivity contribution in [1.82, 2.24) is 29.8 Å². The number of hydrogen-bond donors (Lipinski definition) is 1. The van der Waals surface area contributed by atoms with Gasteiger partial charge < -0.3 is 5.73 Å². The molecule has 0 amide bonds. The van der Waals surface area contributed by atoms with Gasteiger partial charge in [0.25, 0.3) is 0 Å². The fraction of sp³-hybridized carbons (Fsp3) is 0.500. The van der Waals surface area contributed by atoms with Gasteiger partial charge in [-0.2, -0.15) is 5.10 Å². The predicted molar refractivity (Wildman–Crippen MR) is 52.7 cm³/mol. The molecule has 0 radical (unpaired) electrons. The average molecular weight is 207 g/mol. The van der Waals surface area contributed by atoms with Gasteiger partial charge in [-0.1, -0.05) is 5.21 Å². The quantitative estimate of drug-likeness (QED) is 0.731. The highest BCUT2D eigenvalue weighted by Gasteiger charge is 2.07. The van der Waals surface area contributed by atoms with Crippen LogP contribution in [0.4, 0.5) is 0 Å². The van der Waals surface area contributed by atoms with Gasteiger partial charge in [0.1, 0.15) is 18.7 Å². The fourth-order valence-electron chi connectivity index (χ4n) is 1.21. The molecule has 1 atom stereocenters. The maximum atomic E-state index is 5.68. The van der Waals surface area contributed by atoms with E-state index in [1.165, 1.54) is 6.33 Å². The molecule has 2 aromatic heterocycles. The van der Waals surface area contributed by atoms with E-state index in [4.69, 9.17) is 5.73 Å². The Bertz CT molecular complexity index is 441. The normalized spacial score (nSPS) is 13.0. The maximum absolute atomic E-state index is 5.68. The van der Waals surface area contributed by atoms with Crippen LogP contribution in [-0.2, 0) is 13.6 Å². The van der Waals surface area contributed by atoms with E-state index in [1.807, 2.05) is 20.2 Å². The van der Waals surface area contributed by atoms with Gasteiger partial charge in [0, 0.05) is 13.1 Å². The molecule has 0 aliphatic rings. The van der Waals surface area contributed by atoms with Crippen LogP contribution in [0.2, 0.25) is 0 Å². The van der Waals surface area contributed by atoms with E-state index in [2.05, 4.69) is 20.4 Å². The van der Waals surface area contributed by atoms with Gasteiger partial charge >= 0.3 is 0 Å². The van der Waals surface area contributed by atoms with Gasteiger partial charge in [0.2, 0.25) is 0 Å². The zero-order valence-corrected chi connectivity index (χ0v) is 8.70. The lowest BCUT2D eigenvalue weighted by Crippen LogP contribution is -2.07. The molecular weight excluding hydrogens is 194 g/mol. The van der Waals surface area contributed by atoms with Crippen molar-refractivity contribution < 1.29 is 0 Å². The zero-order chi connectivity index (χ0) is 10.8. The lowest BCUT2D eigenvalue weighted by Gasteiger charge is -1.99. The monoisotopic (exact) mass is 207 g/mol. The summed E-state index contributed by atoms with van der Waals surface area (Å²) >= 11 is 0. The molecule has 80 valence electrons. The van der Waals surface area contributed by atoms with Crippen molar-refractivity contribution in [3.8, 4) is 0 Å². The van der Waals surface area contributed by atoms with Crippen molar-refractivity contribution in [2.24, 2.45) is 12.8 Å². The van der Waals surface area contributed by atoms with Crippen molar-refractivity contribution in [2.75, 3.05) is 0 Å². The minimum atomic E-state index is -0.0988. The zero-order valence-electron chi connectivity index (χ0n) is 8.70. The smallest absolute Gasteiger partial charge is 0.148 e. The molecule has 0 saturated heterocycles. The molecule has 2 N–H and O–H groups in total. The van der Waals surface area contributed by atoms with Gasteiger partial charge in [-0.15, -0.1) is 5.10 Å². The first-order valence-corrected chi connectivity index (χ1v) is 4.65. The van der Waals surface area contributed by atoms with E-state index < -0.39 is 0 Å². The predicted octanol–water partition coefficient (Wildman–Crippen LogP) is -0.525. The highest BCUT2D eigenvalue weighted by Crippen LogP contribution is 2.04. The lowest BCUT2D eigenvalue weighted by molar-refractivity contribution is 0.589. The Morgan fingerprint density at radius 1 is 1.53 bits per heavy atom. The third-order valence-corrected chi connectivity index (χ3v) is 2.13. The molecule has 1 unspecified atom stereocenters. The molecule has 0 aliphatic heterocycles. The van der Waals surface area contributed by atoms with Crippen molar-refractivity contribution in [1.29, 1.82) is 0 Å². The van der Waals surface area contributed by atoms with Gasteiger partial charge in [-0.3, -0.25) is 4.68 Å². The summed E-state index contributed by atoms with van der Waals surface area (Å²) in [6.07, 6.45) is 3.33. The van der Waals surface area contributed by atoms with E-state index in [0.717, 1.165) is 11.5 Å². The van der Waals surface area contributed by atoms with E-state index in [9.17, 15) is 0 Å². The molecular formula is C8H13N7. The summed E-state index contributed by atoms with van der Waals surface area (Å²) in [6.45, 7) is 2.42. The van der Waals surface area contributed by atoms with E-state index in [0.29, 0.717) is 6.54 Å². The molecule has 15 heavy (non-hydrogen) atoms. The van der Waals surface area contributed by atoms with Crippen molar-refractivity contribution in [2.45, 2.75) is 19.5 Å². The maximum Gasteiger partial charge on any atom is 0.148 e. The van der Waals surface area contributed by atoms with Gasteiger partial charge in [0.15, 0.2) is 0 Å². The third-order valence-electron chi connectivity index (χ3n) is 2.13. The minimum absolute atomic E-state index is 0.0988. The first-order valence-electron chi connectivity index (χ1n) is 4.65. The second kappa shape index (κ2) is 3.77. The van der Waals surface area contributed by atoms with Crippen molar-refractivity contribution in [3.63, 3.8) is 0 Å². The summed E-state index contributed by atoms with van der Waals surface area (Å²) in [4.78, 5) is 4.10. The van der Waals surface area contributed by atoms with Crippen molar-refractivity contribution >= 4 is 0 Å². The average Bonchev–Trinajstić information content (AvgIpc) is 2.77. The first-order chi connectivity index (χ1) is 7.16. The molecule has 2 rings (SSSR count). The van der Waals surface area contributed by atoms with Crippen LogP contribution in [0.1, 0.15) is 24.5 Å². The Morgan fingerprint density at radius 2 is 2.33 bits per heavy atom. The number of hydrogen-bond acceptors (Lipinski definition) is 5. The Labute approximate surface area is 86.9 Å². The molecule has 0 bridgehead atoms. The minimum Gasteiger partial charge on any atom is -0.323 e. The van der Waals surface area contributed by atoms with E-state index in [-0.39, 0.29) is 6.04 Å². The largest absolute Gasteiger partial charge is 0.323 e. The van der Waals surface area contributed by atoms with Crippen LogP contribution < -0.4 is 5.73 Å². The third kappa shape index (κ3) is 2.01. The molecule has 0 aliphatic carbocycles. The number of aromatic nitrogens is 6. The Morgan fingerprint density at radius 3 is 2.87 bits per heavy atom. The summed E-state index contributed by atoms with van der Waals surface area (Å²) in [6, 6.07) is -0.0988. The SMILES string of the molecule is CC(N)c1cn(Cc2ncnn2C)nn1. The molecule has 2 heterocycles. The lowest BCUT2D eigenvalue weighted by atomic mass is 10.3. The number of nitrogens with two attached hydrogens (primary N) is 1. The number of aryl methyl sites for hydroxylation is 1. The van der Waals surface area contributed by atoms with E-state index in [1.54, 1.807) is 9.36 Å². The van der Waals surface area contributed by atoms with Crippen LogP contribution in [0.25, 0.3) is 0 Å². The van der Waals surface area contributed by atoms with Gasteiger partial charge in [-0.05, 0) is 6.92 Å². The second-order valence-electron chi connectivity index (χ2n) is 3.43. The number of rotatable bonds is 3. The van der Waals surface area contributed by atoms with Crippen LogP contribution >= 0.6 is 0 Å². The topological polar surface area (TPSA) is 87.4 Å². The summed E-state index contributed by atoms with van der Waals surface area (Å²) in [5.41, 5.74) is 6.46. The molecule has 0 fully saturated rings. The highest BCUT2D eigenvalue weighted by atomic mass is 15.4. The first kappa shape index (κ1) is 9.78. The van der Waals surface area contributed by atoms with Crippen molar-refractivity contribution in [3.05, 3.63) is 24.0 Å². The fourth-order valence-corrected chi connectivity index (χ4v) is 1.21. The molecule has 7 nitrogen and oxygen atoms in total. The Hall–Kier alpha value is -1.76. The molecule has 0 spiro atoms. The van der Waals surface area contributed by atoms with Crippen LogP contribution in [0, 0.1) is 0 Å². The molecule has 0 aromatic carbocycles. The van der Waals surface area contributed by atoms with Crippen LogP contribution in [0.15, 0.2) is 12.5 Å². The molecule has 7 heteroatoms. The molecule has 2 aromatic rings. The standard InChI is InChI=1S/C8H13N7/c1-6(9)7-3-15(13-12-7)4-8-10-5-11-14(8)2/h3,5-6H,4,9H2,1-2H3. The summed E-state index contributed by atoms with van der Waals surface area (Å²) in [7, 11) is 1.84. The van der Waals surface area contributed by atoms with E-state index >= 15 is 0 Å². The van der Waals surface area contributed by atoms with Gasteiger partial charge in [0.05, 0.1) is 11.9 Å². The van der Waals surface area contributed by atoms with Gasteiger partial charge in [-0.25, -0.2) is 9.67 Å². The number of nitrogens with zero attached hydrogens (tertiary/aromatic N) is 6. The Kier molecular flexibility index (Phi) is 2.46. The second-order valence-corrected chi connectivity index (χ2v) is 3.43. The summed E-state index contributed by atoms with van der Waals surface area (Å²) in [5.74, 6) is 0.830. The van der Waals surface area contributed by atoms with Crippen LogP contribution in [0.5, 0.6) is 0 Å². The summed E-state index contributed by atoms with van der Waals surface area (Å²) < 4.78 is 3.40.